The fourth-order valence-corrected chi connectivity index (χ4v) is 0.716. The number of rotatable bonds is 8. The molecule has 8 heteroatoms. The molecule has 0 aliphatic heterocycles. The van der Waals surface area contributed by atoms with Crippen LogP contribution >= 0.6 is 0 Å². The van der Waals surface area contributed by atoms with Crippen molar-refractivity contribution < 1.29 is 18.3 Å². The van der Waals surface area contributed by atoms with Crippen LogP contribution in [0.25, 0.3) is 10.4 Å². The van der Waals surface area contributed by atoms with E-state index in [4.69, 9.17) is 5.53 Å². The molecule has 0 aromatic rings. The maximum atomic E-state index is 11.6. The fraction of sp³-hybridized carbons (Fsp3) is 0.857. The molecule has 0 unspecified atom stereocenters. The molecule has 0 saturated carbocycles. The standard InChI is InChI=1S/C7H12F2N4O2/c8-6(9)5-15-4-1-7(14)11-2-3-12-13-10/h6H,1-5H2,(H,11,14). The molecule has 0 spiro atoms. The second kappa shape index (κ2) is 9.17. The molecule has 0 aliphatic rings. The van der Waals surface area contributed by atoms with Crippen LogP contribution in [0.4, 0.5) is 8.78 Å². The zero-order chi connectivity index (χ0) is 11.5. The monoisotopic (exact) mass is 222 g/mol. The number of carbonyl (C=O) groups is 1. The minimum absolute atomic E-state index is 0.0169. The van der Waals surface area contributed by atoms with Gasteiger partial charge in [0, 0.05) is 24.4 Å². The molecule has 6 nitrogen and oxygen atoms in total. The molecule has 0 rings (SSSR count). The van der Waals surface area contributed by atoms with E-state index in [1.165, 1.54) is 0 Å². The van der Waals surface area contributed by atoms with E-state index in [9.17, 15) is 13.6 Å². The summed E-state index contributed by atoms with van der Waals surface area (Å²) in [5, 5.41) is 5.63. The molecule has 0 saturated heterocycles. The average molecular weight is 222 g/mol. The molecular weight excluding hydrogens is 210 g/mol. The van der Waals surface area contributed by atoms with Crippen LogP contribution in [0.1, 0.15) is 6.42 Å². The summed E-state index contributed by atoms with van der Waals surface area (Å²) in [5.41, 5.74) is 7.91. The summed E-state index contributed by atoms with van der Waals surface area (Å²) in [7, 11) is 0. The van der Waals surface area contributed by atoms with Gasteiger partial charge in [-0.15, -0.1) is 0 Å². The Morgan fingerprint density at radius 2 is 2.33 bits per heavy atom. The second-order valence-corrected chi connectivity index (χ2v) is 2.52. The van der Waals surface area contributed by atoms with Crippen LogP contribution < -0.4 is 5.32 Å². The number of alkyl halides is 2. The Kier molecular flexibility index (Phi) is 8.31. The third-order valence-corrected chi connectivity index (χ3v) is 1.31. The van der Waals surface area contributed by atoms with E-state index in [1.807, 2.05) is 0 Å². The highest BCUT2D eigenvalue weighted by atomic mass is 19.3. The first kappa shape index (κ1) is 13.6. The molecular formula is C7H12F2N4O2. The van der Waals surface area contributed by atoms with Crippen molar-refractivity contribution in [3.05, 3.63) is 10.4 Å². The van der Waals surface area contributed by atoms with Crippen molar-refractivity contribution in [3.8, 4) is 0 Å². The molecule has 0 aromatic heterocycles. The van der Waals surface area contributed by atoms with E-state index in [0.29, 0.717) is 0 Å². The van der Waals surface area contributed by atoms with Crippen molar-refractivity contribution >= 4 is 5.91 Å². The van der Waals surface area contributed by atoms with Crippen molar-refractivity contribution in [1.29, 1.82) is 0 Å². The molecule has 0 atom stereocenters. The van der Waals surface area contributed by atoms with E-state index in [2.05, 4.69) is 20.1 Å². The van der Waals surface area contributed by atoms with E-state index in [1.54, 1.807) is 0 Å². The maximum absolute atomic E-state index is 11.6. The van der Waals surface area contributed by atoms with Crippen LogP contribution in [0.5, 0.6) is 0 Å². The van der Waals surface area contributed by atoms with E-state index >= 15 is 0 Å². The van der Waals surface area contributed by atoms with Crippen LogP contribution in [0.3, 0.4) is 0 Å². The molecule has 0 aromatic carbocycles. The van der Waals surface area contributed by atoms with Gasteiger partial charge in [0.25, 0.3) is 6.43 Å². The van der Waals surface area contributed by atoms with E-state index < -0.39 is 13.0 Å². The molecule has 1 N–H and O–H groups in total. The molecule has 86 valence electrons. The first-order valence-corrected chi connectivity index (χ1v) is 4.30. The highest BCUT2D eigenvalue weighted by Gasteiger charge is 2.03. The highest BCUT2D eigenvalue weighted by molar-refractivity contribution is 5.75. The Balaban J connectivity index is 3.29. The van der Waals surface area contributed by atoms with Gasteiger partial charge in [-0.25, -0.2) is 8.78 Å². The lowest BCUT2D eigenvalue weighted by Gasteiger charge is -2.04. The summed E-state index contributed by atoms with van der Waals surface area (Å²) in [6.45, 7) is -0.304. The van der Waals surface area contributed by atoms with Crippen molar-refractivity contribution in [2.75, 3.05) is 26.3 Å². The van der Waals surface area contributed by atoms with Gasteiger partial charge in [-0.3, -0.25) is 4.79 Å². The van der Waals surface area contributed by atoms with Gasteiger partial charge in [0.2, 0.25) is 5.91 Å². The Bertz CT molecular complexity index is 231. The molecule has 15 heavy (non-hydrogen) atoms. The van der Waals surface area contributed by atoms with Gasteiger partial charge in [-0.05, 0) is 5.53 Å². The molecule has 0 heterocycles. The van der Waals surface area contributed by atoms with E-state index in [-0.39, 0.29) is 32.0 Å². The Labute approximate surface area is 85.2 Å². The van der Waals surface area contributed by atoms with Gasteiger partial charge in [0.05, 0.1) is 6.61 Å². The summed E-state index contributed by atoms with van der Waals surface area (Å²) in [4.78, 5) is 13.4. The molecule has 0 aliphatic carbocycles. The zero-order valence-electron chi connectivity index (χ0n) is 8.03. The first-order valence-electron chi connectivity index (χ1n) is 4.30. The molecule has 1 amide bonds. The predicted octanol–water partition coefficient (Wildman–Crippen LogP) is 1.08. The van der Waals surface area contributed by atoms with Crippen LogP contribution in [0.2, 0.25) is 0 Å². The zero-order valence-corrected chi connectivity index (χ0v) is 8.03. The number of nitrogens with one attached hydrogen (secondary N) is 1. The minimum Gasteiger partial charge on any atom is -0.375 e. The lowest BCUT2D eigenvalue weighted by Crippen LogP contribution is -2.27. The normalized spacial score (nSPS) is 9.80. The first-order chi connectivity index (χ1) is 7.16. The smallest absolute Gasteiger partial charge is 0.261 e. The van der Waals surface area contributed by atoms with Crippen LogP contribution in [-0.4, -0.2) is 38.6 Å². The van der Waals surface area contributed by atoms with Crippen molar-refractivity contribution in [1.82, 2.24) is 5.32 Å². The number of azide groups is 1. The number of nitrogens with zero attached hydrogens (tertiary/aromatic N) is 3. The van der Waals surface area contributed by atoms with E-state index in [0.717, 1.165) is 0 Å². The van der Waals surface area contributed by atoms with Crippen LogP contribution in [0, 0.1) is 0 Å². The predicted molar refractivity (Wildman–Crippen MR) is 48.5 cm³/mol. The second-order valence-electron chi connectivity index (χ2n) is 2.52. The van der Waals surface area contributed by atoms with Crippen molar-refractivity contribution in [3.63, 3.8) is 0 Å². The summed E-state index contributed by atoms with van der Waals surface area (Å²) in [5.74, 6) is -0.322. The molecule has 0 radical (unpaired) electrons. The summed E-state index contributed by atoms with van der Waals surface area (Å²) in [6.07, 6.45) is -2.50. The van der Waals surface area contributed by atoms with Gasteiger partial charge in [0.1, 0.15) is 6.61 Å². The van der Waals surface area contributed by atoms with Gasteiger partial charge < -0.3 is 10.1 Å². The van der Waals surface area contributed by atoms with Crippen molar-refractivity contribution in [2.24, 2.45) is 5.11 Å². The number of amides is 1. The Morgan fingerprint density at radius 3 is 2.93 bits per heavy atom. The SMILES string of the molecule is [N-]=[N+]=NCCNC(=O)CCOCC(F)F. The number of carbonyl (C=O) groups excluding carboxylic acids is 1. The van der Waals surface area contributed by atoms with Gasteiger partial charge >= 0.3 is 0 Å². The van der Waals surface area contributed by atoms with Crippen LogP contribution in [0.15, 0.2) is 5.11 Å². The summed E-state index contributed by atoms with van der Waals surface area (Å²) >= 11 is 0. The Hall–Kier alpha value is -1.40. The van der Waals surface area contributed by atoms with Gasteiger partial charge in [-0.2, -0.15) is 0 Å². The molecule has 0 fully saturated rings. The molecule has 0 bridgehead atoms. The minimum atomic E-state index is -2.52. The van der Waals surface area contributed by atoms with Gasteiger partial charge in [-0.1, -0.05) is 5.11 Å². The average Bonchev–Trinajstić information content (AvgIpc) is 2.19. The number of hydrogen-bond acceptors (Lipinski definition) is 3. The quantitative estimate of drug-likeness (QED) is 0.288. The largest absolute Gasteiger partial charge is 0.375 e. The summed E-state index contributed by atoms with van der Waals surface area (Å²) in [6, 6.07) is 0. The fourth-order valence-electron chi connectivity index (χ4n) is 0.716. The third-order valence-electron chi connectivity index (χ3n) is 1.31. The number of ether oxygens (including phenoxy) is 1. The third kappa shape index (κ3) is 10.5. The summed E-state index contributed by atoms with van der Waals surface area (Å²) < 4.78 is 27.6. The van der Waals surface area contributed by atoms with Crippen molar-refractivity contribution in [2.45, 2.75) is 12.8 Å². The number of halogens is 2. The lowest BCUT2D eigenvalue weighted by atomic mass is 10.4. The van der Waals surface area contributed by atoms with Gasteiger partial charge in [0.15, 0.2) is 0 Å². The Morgan fingerprint density at radius 1 is 1.60 bits per heavy atom. The topological polar surface area (TPSA) is 87.1 Å². The van der Waals surface area contributed by atoms with Crippen LogP contribution in [-0.2, 0) is 9.53 Å². The number of hydrogen-bond donors (Lipinski definition) is 1. The highest BCUT2D eigenvalue weighted by Crippen LogP contribution is 1.93. The maximum Gasteiger partial charge on any atom is 0.261 e. The lowest BCUT2D eigenvalue weighted by molar-refractivity contribution is -0.122.